The van der Waals surface area contributed by atoms with Gasteiger partial charge in [0.2, 0.25) is 0 Å². The third kappa shape index (κ3) is 21.5. The van der Waals surface area contributed by atoms with Crippen molar-refractivity contribution in [3.05, 3.63) is 46.5 Å². The molecule has 0 bridgehead atoms. The van der Waals surface area contributed by atoms with E-state index in [0.717, 1.165) is 22.1 Å². The van der Waals surface area contributed by atoms with Crippen LogP contribution in [0.15, 0.2) is 33.5 Å². The summed E-state index contributed by atoms with van der Waals surface area (Å²) in [5.41, 5.74) is 15.8. The van der Waals surface area contributed by atoms with E-state index in [1.807, 2.05) is 0 Å². The quantitative estimate of drug-likeness (QED) is 0.0285. The SMILES string of the molecule is CCCCCCCCCCCCCCC1(CCCCCCCCCCCCCC)c2cc3c(cc2-c2c1c[c]([Sn]([CH3])([CH3])[CH3])c1nonc21)C(CCCCCCCCCCCCCC)(CCCCCCCCCCCCCC)c1c[c]([Sn]([CH3])([CH3])[CH3])c2nonc2c1-3. The van der Waals surface area contributed by atoms with Crippen LogP contribution >= 0.6 is 0 Å². The van der Waals surface area contributed by atoms with Crippen LogP contribution in [0.4, 0.5) is 0 Å². The van der Waals surface area contributed by atoms with Gasteiger partial charge in [0, 0.05) is 0 Å². The van der Waals surface area contributed by atoms with Crippen molar-refractivity contribution in [1.29, 1.82) is 0 Å². The molecule has 0 spiro atoms. The molecule has 0 N–H and O–H groups in total. The summed E-state index contributed by atoms with van der Waals surface area (Å²) in [7, 11) is 0. The molecule has 8 heteroatoms. The number of rotatable bonds is 54. The Balaban J connectivity index is 1.28. The maximum atomic E-state index is 6.00. The average Bonchev–Trinajstić information content (AvgIpc) is 1.52. The van der Waals surface area contributed by atoms with Gasteiger partial charge in [0.05, 0.1) is 0 Å². The molecule has 0 amide bonds. The normalized spacial score (nSPS) is 14.2. The molecule has 0 radical (unpaired) electrons. The molecule has 5 aromatic rings. The van der Waals surface area contributed by atoms with Gasteiger partial charge in [-0.05, 0) is 0 Å². The van der Waals surface area contributed by atoms with E-state index >= 15 is 0 Å². The van der Waals surface area contributed by atoms with Crippen LogP contribution < -0.4 is 7.16 Å². The molecule has 3 aromatic carbocycles. The van der Waals surface area contributed by atoms with E-state index in [9.17, 15) is 0 Å². The molecule has 2 aromatic heterocycles. The van der Waals surface area contributed by atoms with Crippen LogP contribution in [0.25, 0.3) is 44.3 Å². The molecule has 90 heavy (non-hydrogen) atoms. The minimum atomic E-state index is -2.81. The summed E-state index contributed by atoms with van der Waals surface area (Å²) in [6.07, 6.45) is 70.6. The second-order valence-corrected chi connectivity index (χ2v) is 60.5. The third-order valence-electron chi connectivity index (χ3n) is 22.3. The Bertz CT molecular complexity index is 2530. The van der Waals surface area contributed by atoms with Crippen LogP contribution in [0.5, 0.6) is 0 Å². The number of hydrogen-bond donors (Lipinski definition) is 0. The van der Waals surface area contributed by atoms with Gasteiger partial charge in [-0.15, -0.1) is 0 Å². The van der Waals surface area contributed by atoms with Crippen molar-refractivity contribution in [1.82, 2.24) is 20.6 Å². The fourth-order valence-corrected chi connectivity index (χ4v) is 25.1. The zero-order valence-electron chi connectivity index (χ0n) is 60.7. The number of benzene rings is 3. The second-order valence-electron chi connectivity index (χ2n) is 31.8. The molecule has 6 nitrogen and oxygen atoms in total. The van der Waals surface area contributed by atoms with Crippen molar-refractivity contribution in [2.45, 2.75) is 402 Å². The summed E-state index contributed by atoms with van der Waals surface area (Å²) in [4.78, 5) is 15.5. The molecule has 0 saturated carbocycles. The van der Waals surface area contributed by atoms with Crippen molar-refractivity contribution in [3.63, 3.8) is 0 Å². The first-order valence-corrected chi connectivity index (χ1v) is 59.7. The predicted octanol–water partition coefficient (Wildman–Crippen LogP) is 26.7. The Labute approximate surface area is 562 Å². The number of hydrogen-bond acceptors (Lipinski definition) is 6. The average molecular weight is 1450 g/mol. The summed E-state index contributed by atoms with van der Waals surface area (Å²) in [6.45, 7) is 9.33. The molecule has 506 valence electrons. The van der Waals surface area contributed by atoms with Gasteiger partial charge in [0.15, 0.2) is 0 Å². The topological polar surface area (TPSA) is 77.8 Å². The Morgan fingerprint density at radius 3 is 0.667 bits per heavy atom. The first kappa shape index (κ1) is 75.4. The molecule has 7 rings (SSSR count). The summed E-state index contributed by atoms with van der Waals surface area (Å²) in [5.74, 6) is 0. The Hall–Kier alpha value is -1.94. The number of fused-ring (bicyclic) bond motifs is 10. The van der Waals surface area contributed by atoms with Gasteiger partial charge in [0.25, 0.3) is 0 Å². The van der Waals surface area contributed by atoms with Gasteiger partial charge in [-0.25, -0.2) is 0 Å². The number of nitrogens with zero attached hydrogens (tertiary/aromatic N) is 4. The molecule has 0 saturated heterocycles. The molecule has 0 atom stereocenters. The summed E-state index contributed by atoms with van der Waals surface area (Å²) < 4.78 is 15.0. The van der Waals surface area contributed by atoms with Crippen LogP contribution in [0.3, 0.4) is 0 Å². The molecule has 2 aliphatic carbocycles. The van der Waals surface area contributed by atoms with E-state index in [-0.39, 0.29) is 10.8 Å². The van der Waals surface area contributed by atoms with Gasteiger partial charge in [-0.3, -0.25) is 0 Å². The molecule has 2 heterocycles. The summed E-state index contributed by atoms with van der Waals surface area (Å²) in [5, 5.41) is 19.9. The van der Waals surface area contributed by atoms with E-state index in [0.29, 0.717) is 0 Å². The molecular weight excluding hydrogens is 1310 g/mol. The molecule has 0 aliphatic heterocycles. The van der Waals surface area contributed by atoms with E-state index in [1.54, 1.807) is 22.3 Å². The Morgan fingerprint density at radius 2 is 0.456 bits per heavy atom. The Morgan fingerprint density at radius 1 is 0.256 bits per heavy atom. The fourth-order valence-electron chi connectivity index (χ4n) is 16.8. The van der Waals surface area contributed by atoms with E-state index in [1.165, 1.54) is 363 Å². The predicted molar refractivity (Wildman–Crippen MR) is 398 cm³/mol. The van der Waals surface area contributed by atoms with Crippen molar-refractivity contribution < 1.29 is 9.26 Å². The van der Waals surface area contributed by atoms with Crippen molar-refractivity contribution in [2.75, 3.05) is 0 Å². The third-order valence-corrected chi connectivity index (χ3v) is 33.7. The van der Waals surface area contributed by atoms with Crippen LogP contribution in [0.2, 0.25) is 29.6 Å². The summed E-state index contributed by atoms with van der Waals surface area (Å²) in [6, 6.07) is 11.1. The molecule has 0 fully saturated rings. The molecule has 2 aliphatic rings. The standard InChI is InChI=1S/C76H120N4O2.6CH3.2Sn/c1-5-9-13-17-21-25-29-33-37-41-45-49-57-75(58-50-46-42-38-34-30-26-22-18-14-10-6-2)65-53-55-69-73(79-81-77-69)71(65)63-62-68-64(61-67(63)75)72-66(54-56-70-74(72)80-82-78-70)76(68,59-51-47-43-39-35-31-27-23-19-15-11-7-3)60-52-48-44-40-36-32-28-24-20-16-12-8-4;;;;;;;;/h53-54,61-62H,5-52,57-60H2,1-4H3;6*1H3;;. The number of aromatic nitrogens is 4. The first-order chi connectivity index (χ1) is 43.9. The van der Waals surface area contributed by atoms with Crippen molar-refractivity contribution in [3.8, 4) is 22.3 Å². The van der Waals surface area contributed by atoms with E-state index in [4.69, 9.17) is 29.9 Å². The zero-order valence-corrected chi connectivity index (χ0v) is 66.4. The van der Waals surface area contributed by atoms with E-state index in [2.05, 4.69) is 81.6 Å². The monoisotopic (exact) mass is 1450 g/mol. The molecular formula is C82H138N4O2Sn2. The minimum absolute atomic E-state index is 0.116. The van der Waals surface area contributed by atoms with Gasteiger partial charge in [0.1, 0.15) is 0 Å². The van der Waals surface area contributed by atoms with Crippen LogP contribution in [-0.2, 0) is 10.8 Å². The second kappa shape index (κ2) is 40.6. The van der Waals surface area contributed by atoms with Crippen LogP contribution in [0.1, 0.15) is 384 Å². The molecule has 0 unspecified atom stereocenters. The number of unbranched alkanes of at least 4 members (excludes halogenated alkanes) is 44. The van der Waals surface area contributed by atoms with Gasteiger partial charge in [-0.2, -0.15) is 0 Å². The van der Waals surface area contributed by atoms with E-state index < -0.39 is 36.8 Å². The van der Waals surface area contributed by atoms with Gasteiger partial charge < -0.3 is 0 Å². The van der Waals surface area contributed by atoms with Crippen LogP contribution in [-0.4, -0.2) is 57.4 Å². The Kier molecular flexibility index (Phi) is 34.0. The van der Waals surface area contributed by atoms with Crippen molar-refractivity contribution in [2.24, 2.45) is 0 Å². The van der Waals surface area contributed by atoms with Crippen LogP contribution in [0, 0.1) is 0 Å². The van der Waals surface area contributed by atoms with Gasteiger partial charge >= 0.3 is 411 Å². The van der Waals surface area contributed by atoms with Gasteiger partial charge in [-0.1, -0.05) is 156 Å². The summed E-state index contributed by atoms with van der Waals surface area (Å²) >= 11 is -5.62. The van der Waals surface area contributed by atoms with Crippen molar-refractivity contribution >= 4 is 66.0 Å². The first-order valence-electron chi connectivity index (χ1n) is 39.7. The fraction of sp³-hybridized carbons (Fsp3) is 0.780. The zero-order chi connectivity index (χ0) is 63.9. The maximum absolute atomic E-state index is 6.00.